The van der Waals surface area contributed by atoms with Crippen molar-refractivity contribution in [3.05, 3.63) is 29.8 Å². The molecule has 0 unspecified atom stereocenters. The minimum absolute atomic E-state index is 0.140. The number of ether oxygens (including phenoxy) is 2. The Hall–Kier alpha value is -0.423. The van der Waals surface area contributed by atoms with Gasteiger partial charge in [0.25, 0.3) is 0 Å². The molecular weight excluding hydrogens is 207 g/mol. The fourth-order valence-corrected chi connectivity index (χ4v) is 1.44. The quantitative estimate of drug-likeness (QED) is 0.549. The van der Waals surface area contributed by atoms with Crippen LogP contribution in [0.5, 0.6) is 5.75 Å². The number of hydrogen-bond donors (Lipinski definition) is 0. The molecule has 0 bridgehead atoms. The minimum atomic E-state index is -0.140. The van der Waals surface area contributed by atoms with Crippen LogP contribution in [0.15, 0.2) is 24.3 Å². The van der Waals surface area contributed by atoms with Gasteiger partial charge in [-0.25, -0.2) is 0 Å². The molecule has 1 rings (SSSR count). The van der Waals surface area contributed by atoms with Gasteiger partial charge in [0.05, 0.1) is 0 Å². The maximum atomic E-state index is 5.76. The van der Waals surface area contributed by atoms with Gasteiger partial charge in [-0.2, -0.15) is 0 Å². The molecule has 0 spiro atoms. The molecule has 0 aliphatic carbocycles. The van der Waals surface area contributed by atoms with Gasteiger partial charge in [-0.3, -0.25) is 0 Å². The topological polar surface area (TPSA) is 18.5 Å². The summed E-state index contributed by atoms with van der Waals surface area (Å²) in [5.74, 6) is 0.912. The van der Waals surface area contributed by atoms with Crippen molar-refractivity contribution in [2.75, 3.05) is 6.61 Å². The van der Waals surface area contributed by atoms with E-state index in [1.165, 1.54) is 10.7 Å². The third-order valence-electron chi connectivity index (χ3n) is 2.26. The molecule has 0 radical (unpaired) electrons. The van der Waals surface area contributed by atoms with Crippen LogP contribution < -0.4 is 4.74 Å². The molecular formula is C14H21LiO2. The van der Waals surface area contributed by atoms with Gasteiger partial charge >= 0.3 is 114 Å². The molecule has 0 N–H and O–H groups in total. The van der Waals surface area contributed by atoms with Gasteiger partial charge in [0.2, 0.25) is 0 Å². The zero-order valence-electron chi connectivity index (χ0n) is 11.5. The molecule has 0 aromatic heterocycles. The van der Waals surface area contributed by atoms with Gasteiger partial charge in [-0.15, -0.1) is 0 Å². The van der Waals surface area contributed by atoms with Gasteiger partial charge in [-0.05, 0) is 0 Å². The Morgan fingerprint density at radius 1 is 1.12 bits per heavy atom. The predicted molar refractivity (Wildman–Crippen MR) is 71.7 cm³/mol. The third-order valence-corrected chi connectivity index (χ3v) is 2.26. The van der Waals surface area contributed by atoms with Gasteiger partial charge in [0.15, 0.2) is 0 Å². The zero-order valence-corrected chi connectivity index (χ0v) is 11.5. The second kappa shape index (κ2) is 7.11. The molecule has 1 aromatic rings. The molecule has 17 heavy (non-hydrogen) atoms. The van der Waals surface area contributed by atoms with Gasteiger partial charge in [0.1, 0.15) is 0 Å². The van der Waals surface area contributed by atoms with Crippen molar-refractivity contribution >= 4 is 17.7 Å². The van der Waals surface area contributed by atoms with Gasteiger partial charge in [-0.1, -0.05) is 0 Å². The molecule has 0 aliphatic heterocycles. The summed E-state index contributed by atoms with van der Waals surface area (Å²) in [4.78, 5) is 0. The summed E-state index contributed by atoms with van der Waals surface area (Å²) in [7, 11) is 0. The Balaban J connectivity index is 2.39. The molecule has 1 aromatic carbocycles. The fraction of sp³-hybridized carbons (Fsp3) is 0.571. The van der Waals surface area contributed by atoms with Crippen molar-refractivity contribution in [1.82, 2.24) is 0 Å². The van der Waals surface area contributed by atoms with Gasteiger partial charge < -0.3 is 0 Å². The molecule has 0 aliphatic rings. The monoisotopic (exact) mass is 228 g/mol. The average Bonchev–Trinajstić information content (AvgIpc) is 2.25. The number of rotatable bonds is 6. The van der Waals surface area contributed by atoms with E-state index >= 15 is 0 Å². The average molecular weight is 228 g/mol. The fourth-order valence-electron chi connectivity index (χ4n) is 1.44. The molecule has 3 heteroatoms. The first-order chi connectivity index (χ1) is 8.01. The Bertz CT molecular complexity index is 314. The molecule has 0 fully saturated rings. The normalized spacial score (nSPS) is 11.6. The Kier molecular flexibility index (Phi) is 6.12. The van der Waals surface area contributed by atoms with E-state index in [2.05, 4.69) is 50.6 Å². The van der Waals surface area contributed by atoms with Crippen LogP contribution in [0.4, 0.5) is 0 Å². The Morgan fingerprint density at radius 2 is 1.76 bits per heavy atom. The van der Waals surface area contributed by atoms with Crippen LogP contribution in [0, 0.1) is 0 Å². The summed E-state index contributed by atoms with van der Waals surface area (Å²) in [6, 6.07) is 8.13. The zero-order chi connectivity index (χ0) is 12.7. The van der Waals surface area contributed by atoms with Crippen LogP contribution in [-0.4, -0.2) is 29.9 Å². The molecule has 90 valence electrons. The van der Waals surface area contributed by atoms with Crippen molar-refractivity contribution in [1.29, 1.82) is 0 Å². The first-order valence-corrected chi connectivity index (χ1v) is 6.37. The Morgan fingerprint density at radius 3 is 2.29 bits per heavy atom. The Labute approximate surface area is 114 Å². The molecule has 0 heterocycles. The molecule has 2 nitrogen and oxygen atoms in total. The van der Waals surface area contributed by atoms with Crippen LogP contribution in [0.3, 0.4) is 0 Å². The summed E-state index contributed by atoms with van der Waals surface area (Å²) in [6.45, 7) is 7.69. The number of hydrogen-bond acceptors (Lipinski definition) is 2. The number of benzene rings is 1. The molecule has 0 saturated heterocycles. The summed E-state index contributed by atoms with van der Waals surface area (Å²) >= 11 is 2.17. The van der Waals surface area contributed by atoms with Crippen molar-refractivity contribution in [3.63, 3.8) is 0 Å². The summed E-state index contributed by atoms with van der Waals surface area (Å²) in [5.41, 5.74) is 1.06. The first kappa shape index (κ1) is 14.6. The van der Waals surface area contributed by atoms with E-state index in [4.69, 9.17) is 9.47 Å². The van der Waals surface area contributed by atoms with E-state index in [1.54, 1.807) is 0 Å². The van der Waals surface area contributed by atoms with Crippen LogP contribution >= 0.6 is 0 Å². The second-order valence-electron chi connectivity index (χ2n) is 5.26. The molecule has 0 saturated carbocycles. The van der Waals surface area contributed by atoms with E-state index in [9.17, 15) is 0 Å². The van der Waals surface area contributed by atoms with Crippen LogP contribution in [0.1, 0.15) is 32.8 Å². The predicted octanol–water partition coefficient (Wildman–Crippen LogP) is 3.36. The standard InChI is InChI=1S/C14H21O2.Li/c1-5-10-15-11-12-6-8-13(9-7-12)16-14(2,3)4;/h6-9H,1,5,10-11H2,2-4H3;. The molecule has 0 amide bonds. The van der Waals surface area contributed by atoms with E-state index < -0.39 is 0 Å². The summed E-state index contributed by atoms with van der Waals surface area (Å²) in [6.07, 6.45) is 1.13. The van der Waals surface area contributed by atoms with E-state index in [1.807, 2.05) is 12.1 Å². The SMILES string of the molecule is [Li][CH2]CCOCc1ccc(OC(C)(C)C)cc1. The van der Waals surface area contributed by atoms with Crippen LogP contribution in [0.25, 0.3) is 0 Å². The molecule has 0 atom stereocenters. The van der Waals surface area contributed by atoms with E-state index in [0.29, 0.717) is 6.61 Å². The van der Waals surface area contributed by atoms with E-state index in [0.717, 1.165) is 18.8 Å². The van der Waals surface area contributed by atoms with Crippen molar-refractivity contribution in [3.8, 4) is 5.75 Å². The first-order valence-electron chi connectivity index (χ1n) is 6.37. The van der Waals surface area contributed by atoms with Crippen molar-refractivity contribution in [2.24, 2.45) is 0 Å². The third kappa shape index (κ3) is 6.78. The van der Waals surface area contributed by atoms with Crippen LogP contribution in [-0.2, 0) is 11.3 Å². The van der Waals surface area contributed by atoms with Crippen molar-refractivity contribution < 1.29 is 9.47 Å². The van der Waals surface area contributed by atoms with Crippen molar-refractivity contribution in [2.45, 2.75) is 44.5 Å². The van der Waals surface area contributed by atoms with E-state index in [-0.39, 0.29) is 5.60 Å². The maximum absolute atomic E-state index is 5.76. The second-order valence-corrected chi connectivity index (χ2v) is 5.26. The van der Waals surface area contributed by atoms with Gasteiger partial charge in [0, 0.05) is 0 Å². The summed E-state index contributed by atoms with van der Waals surface area (Å²) in [5, 5.41) is 1.18. The summed E-state index contributed by atoms with van der Waals surface area (Å²) < 4.78 is 11.3. The van der Waals surface area contributed by atoms with Crippen LogP contribution in [0.2, 0.25) is 5.09 Å².